The van der Waals surface area contributed by atoms with Crippen molar-refractivity contribution in [2.24, 2.45) is 0 Å². The minimum Gasteiger partial charge on any atom is -0.465 e. The molecule has 28 heavy (non-hydrogen) atoms. The third-order valence-electron chi connectivity index (χ3n) is 3.81. The van der Waals surface area contributed by atoms with Crippen LogP contribution in [-0.4, -0.2) is 24.0 Å². The molecule has 0 aliphatic rings. The normalized spacial score (nSPS) is 9.86. The van der Waals surface area contributed by atoms with Crippen LogP contribution in [0, 0.1) is 11.3 Å². The Hall–Kier alpha value is -4.18. The number of aromatic nitrogens is 1. The van der Waals surface area contributed by atoms with Crippen LogP contribution in [0.5, 0.6) is 0 Å². The molecular weight excluding hydrogens is 356 g/mol. The quantitative estimate of drug-likeness (QED) is 0.661. The smallest absolute Gasteiger partial charge is 0.337 e. The second-order valence-corrected chi connectivity index (χ2v) is 5.77. The summed E-state index contributed by atoms with van der Waals surface area (Å²) < 4.78 is 4.68. The average molecular weight is 372 g/mol. The van der Waals surface area contributed by atoms with E-state index in [9.17, 15) is 9.59 Å². The van der Waals surface area contributed by atoms with Crippen molar-refractivity contribution in [3.05, 3.63) is 83.7 Å². The molecule has 2 aromatic carbocycles. The van der Waals surface area contributed by atoms with Gasteiger partial charge in [-0.25, -0.2) is 4.79 Å². The van der Waals surface area contributed by atoms with Crippen LogP contribution in [0.3, 0.4) is 0 Å². The molecule has 1 aromatic heterocycles. The number of benzene rings is 2. The summed E-state index contributed by atoms with van der Waals surface area (Å²) >= 11 is 0. The van der Waals surface area contributed by atoms with Gasteiger partial charge in [-0.1, -0.05) is 12.1 Å². The summed E-state index contributed by atoms with van der Waals surface area (Å²) in [5.74, 6) is -0.906. The lowest BCUT2D eigenvalue weighted by molar-refractivity contribution is 0.0600. The Morgan fingerprint density at radius 2 is 1.75 bits per heavy atom. The first-order valence-electron chi connectivity index (χ1n) is 8.32. The Bertz CT molecular complexity index is 1070. The molecule has 7 nitrogen and oxygen atoms in total. The molecule has 2 N–H and O–H groups in total. The van der Waals surface area contributed by atoms with Gasteiger partial charge in [0.2, 0.25) is 0 Å². The Morgan fingerprint density at radius 3 is 2.54 bits per heavy atom. The number of amides is 1. The van der Waals surface area contributed by atoms with Gasteiger partial charge in [-0.3, -0.25) is 9.78 Å². The molecule has 0 aliphatic carbocycles. The van der Waals surface area contributed by atoms with E-state index in [0.717, 1.165) is 5.69 Å². The first-order chi connectivity index (χ1) is 13.6. The highest BCUT2D eigenvalue weighted by molar-refractivity contribution is 6.04. The van der Waals surface area contributed by atoms with Crippen LogP contribution in [0.15, 0.2) is 66.9 Å². The molecule has 3 rings (SSSR count). The van der Waals surface area contributed by atoms with Gasteiger partial charge >= 0.3 is 5.97 Å². The number of ether oxygens (including phenoxy) is 1. The lowest BCUT2D eigenvalue weighted by atomic mass is 10.2. The summed E-state index contributed by atoms with van der Waals surface area (Å²) in [5, 5.41) is 14.8. The molecule has 0 saturated carbocycles. The second-order valence-electron chi connectivity index (χ2n) is 5.77. The molecule has 0 atom stereocenters. The van der Waals surface area contributed by atoms with E-state index in [-0.39, 0.29) is 5.69 Å². The van der Waals surface area contributed by atoms with Gasteiger partial charge in [0.1, 0.15) is 5.69 Å². The molecule has 0 fully saturated rings. The summed E-state index contributed by atoms with van der Waals surface area (Å²) in [6.45, 7) is 0. The average Bonchev–Trinajstić information content (AvgIpc) is 2.73. The molecule has 3 aromatic rings. The Labute approximate surface area is 161 Å². The lowest BCUT2D eigenvalue weighted by Crippen LogP contribution is -2.14. The fourth-order valence-corrected chi connectivity index (χ4v) is 2.50. The first kappa shape index (κ1) is 18.6. The van der Waals surface area contributed by atoms with Crippen LogP contribution in [0.4, 0.5) is 17.1 Å². The molecule has 7 heteroatoms. The van der Waals surface area contributed by atoms with E-state index in [1.807, 2.05) is 6.07 Å². The summed E-state index contributed by atoms with van der Waals surface area (Å²) in [4.78, 5) is 28.2. The van der Waals surface area contributed by atoms with Gasteiger partial charge in [0.05, 0.1) is 24.3 Å². The van der Waals surface area contributed by atoms with E-state index in [1.54, 1.807) is 48.5 Å². The molecule has 0 aliphatic heterocycles. The number of rotatable bonds is 5. The Morgan fingerprint density at radius 1 is 1.00 bits per heavy atom. The minimum atomic E-state index is -0.486. The van der Waals surface area contributed by atoms with E-state index < -0.39 is 11.9 Å². The van der Waals surface area contributed by atoms with Crippen LogP contribution in [0.25, 0.3) is 0 Å². The largest absolute Gasteiger partial charge is 0.465 e. The number of nitrogens with one attached hydrogen (secondary N) is 2. The minimum absolute atomic E-state index is 0.199. The molecule has 0 spiro atoms. The van der Waals surface area contributed by atoms with Crippen molar-refractivity contribution in [1.29, 1.82) is 5.26 Å². The number of methoxy groups -OCH3 is 1. The van der Waals surface area contributed by atoms with Crippen molar-refractivity contribution in [1.82, 2.24) is 4.98 Å². The van der Waals surface area contributed by atoms with Gasteiger partial charge < -0.3 is 15.4 Å². The second kappa shape index (κ2) is 8.47. The SMILES string of the molecule is COC(=O)c1cccc(NC(=O)c2cc(Nc3cccc(C#N)c3)ccn2)c1. The number of nitriles is 1. The highest BCUT2D eigenvalue weighted by Crippen LogP contribution is 2.19. The predicted molar refractivity (Wildman–Crippen MR) is 104 cm³/mol. The summed E-state index contributed by atoms with van der Waals surface area (Å²) in [7, 11) is 1.29. The monoisotopic (exact) mass is 372 g/mol. The van der Waals surface area contributed by atoms with Crippen molar-refractivity contribution in [2.75, 3.05) is 17.7 Å². The molecule has 138 valence electrons. The van der Waals surface area contributed by atoms with Crippen molar-refractivity contribution in [3.8, 4) is 6.07 Å². The number of carbonyl (C=O) groups excluding carboxylic acids is 2. The maximum atomic E-state index is 12.5. The maximum absolute atomic E-state index is 12.5. The molecule has 0 saturated heterocycles. The van der Waals surface area contributed by atoms with Crippen molar-refractivity contribution in [3.63, 3.8) is 0 Å². The van der Waals surface area contributed by atoms with Gasteiger partial charge in [0.25, 0.3) is 5.91 Å². The summed E-state index contributed by atoms with van der Waals surface area (Å²) in [6, 6.07) is 18.8. The Kier molecular flexibility index (Phi) is 5.63. The number of hydrogen-bond acceptors (Lipinski definition) is 6. The van der Waals surface area contributed by atoms with Gasteiger partial charge in [0.15, 0.2) is 0 Å². The number of pyridine rings is 1. The number of hydrogen-bond donors (Lipinski definition) is 2. The number of anilines is 3. The van der Waals surface area contributed by atoms with Crippen LogP contribution in [0.2, 0.25) is 0 Å². The van der Waals surface area contributed by atoms with Crippen LogP contribution in [-0.2, 0) is 4.74 Å². The zero-order valence-corrected chi connectivity index (χ0v) is 15.0. The van der Waals surface area contributed by atoms with Crippen LogP contribution < -0.4 is 10.6 Å². The summed E-state index contributed by atoms with van der Waals surface area (Å²) in [5.41, 5.74) is 2.89. The molecule has 1 heterocycles. The van der Waals surface area contributed by atoms with E-state index in [0.29, 0.717) is 22.5 Å². The predicted octanol–water partition coefficient (Wildman–Crippen LogP) is 3.74. The molecular formula is C21H16N4O3. The fraction of sp³-hybridized carbons (Fsp3) is 0.0476. The topological polar surface area (TPSA) is 104 Å². The zero-order chi connectivity index (χ0) is 19.9. The van der Waals surface area contributed by atoms with Crippen molar-refractivity contribution in [2.45, 2.75) is 0 Å². The zero-order valence-electron chi connectivity index (χ0n) is 15.0. The van der Waals surface area contributed by atoms with Crippen LogP contribution in [0.1, 0.15) is 26.4 Å². The van der Waals surface area contributed by atoms with Gasteiger partial charge in [0, 0.05) is 23.3 Å². The maximum Gasteiger partial charge on any atom is 0.337 e. The van der Waals surface area contributed by atoms with E-state index in [2.05, 4.69) is 26.4 Å². The molecule has 0 radical (unpaired) electrons. The highest BCUT2D eigenvalue weighted by Gasteiger charge is 2.11. The standard InChI is InChI=1S/C21H16N4O3/c1-28-21(27)15-5-3-7-17(11-15)25-20(26)19-12-18(8-9-23-19)24-16-6-2-4-14(10-16)13-22/h2-12H,1H3,(H,23,24)(H,25,26). The lowest BCUT2D eigenvalue weighted by Gasteiger charge is -2.09. The first-order valence-corrected chi connectivity index (χ1v) is 8.32. The third kappa shape index (κ3) is 4.51. The number of carbonyl (C=O) groups is 2. The Balaban J connectivity index is 1.75. The molecule has 1 amide bonds. The third-order valence-corrected chi connectivity index (χ3v) is 3.81. The molecule has 0 bridgehead atoms. The molecule has 0 unspecified atom stereocenters. The summed E-state index contributed by atoms with van der Waals surface area (Å²) in [6.07, 6.45) is 1.51. The van der Waals surface area contributed by atoms with Gasteiger partial charge in [-0.2, -0.15) is 5.26 Å². The fourth-order valence-electron chi connectivity index (χ4n) is 2.50. The van der Waals surface area contributed by atoms with Gasteiger partial charge in [-0.15, -0.1) is 0 Å². The van der Waals surface area contributed by atoms with E-state index >= 15 is 0 Å². The number of esters is 1. The van der Waals surface area contributed by atoms with Gasteiger partial charge in [-0.05, 0) is 48.5 Å². The number of nitrogens with zero attached hydrogens (tertiary/aromatic N) is 2. The van der Waals surface area contributed by atoms with E-state index in [4.69, 9.17) is 5.26 Å². The van der Waals surface area contributed by atoms with E-state index in [1.165, 1.54) is 19.4 Å². The highest BCUT2D eigenvalue weighted by atomic mass is 16.5. The van der Waals surface area contributed by atoms with Crippen LogP contribution >= 0.6 is 0 Å². The van der Waals surface area contributed by atoms with Crippen molar-refractivity contribution >= 4 is 28.9 Å². The van der Waals surface area contributed by atoms with Crippen molar-refractivity contribution < 1.29 is 14.3 Å².